The molecule has 2 aromatic rings. The molecule has 29 heavy (non-hydrogen) atoms. The van der Waals surface area contributed by atoms with E-state index >= 15 is 0 Å². The summed E-state index contributed by atoms with van der Waals surface area (Å²) in [5, 5.41) is 1.28. The zero-order valence-corrected chi connectivity index (χ0v) is 19.4. The van der Waals surface area contributed by atoms with Crippen molar-refractivity contribution in [3.63, 3.8) is 0 Å². The highest BCUT2D eigenvalue weighted by atomic mass is 32.3. The van der Waals surface area contributed by atoms with Crippen molar-refractivity contribution in [3.8, 4) is 0 Å². The summed E-state index contributed by atoms with van der Waals surface area (Å²) < 4.78 is 52.3. The summed E-state index contributed by atoms with van der Waals surface area (Å²) in [6.45, 7) is 2.12. The van der Waals surface area contributed by atoms with Crippen LogP contribution in [0.15, 0.2) is 41.3 Å². The SMILES string of the molecule is CCCCCCCCS(=O)(=O)N(C)S(=O)(=O)c1cccc2c(N(C)C)cccc12. The van der Waals surface area contributed by atoms with Crippen LogP contribution in [0.2, 0.25) is 0 Å². The van der Waals surface area contributed by atoms with Gasteiger partial charge in [-0.1, -0.05) is 67.0 Å². The van der Waals surface area contributed by atoms with E-state index in [4.69, 9.17) is 0 Å². The van der Waals surface area contributed by atoms with E-state index in [0.717, 1.165) is 50.2 Å². The van der Waals surface area contributed by atoms with Crippen LogP contribution in [0, 0.1) is 0 Å². The number of rotatable bonds is 11. The van der Waals surface area contributed by atoms with E-state index < -0.39 is 20.0 Å². The number of hydrogen-bond donors (Lipinski definition) is 0. The van der Waals surface area contributed by atoms with Gasteiger partial charge in [-0.25, -0.2) is 16.8 Å². The van der Waals surface area contributed by atoms with E-state index in [1.807, 2.05) is 31.1 Å². The first-order valence-electron chi connectivity index (χ1n) is 10.0. The lowest BCUT2D eigenvalue weighted by Gasteiger charge is -2.20. The molecule has 0 atom stereocenters. The van der Waals surface area contributed by atoms with Gasteiger partial charge in [0.2, 0.25) is 10.0 Å². The minimum Gasteiger partial charge on any atom is -0.377 e. The Morgan fingerprint density at radius 1 is 0.759 bits per heavy atom. The summed E-state index contributed by atoms with van der Waals surface area (Å²) >= 11 is 0. The molecule has 0 saturated carbocycles. The van der Waals surface area contributed by atoms with E-state index in [-0.39, 0.29) is 10.6 Å². The van der Waals surface area contributed by atoms with E-state index in [9.17, 15) is 16.8 Å². The fourth-order valence-electron chi connectivity index (χ4n) is 3.36. The van der Waals surface area contributed by atoms with E-state index in [0.29, 0.717) is 15.5 Å². The molecule has 0 bridgehead atoms. The summed E-state index contributed by atoms with van der Waals surface area (Å²) in [5.74, 6) is -0.164. The van der Waals surface area contributed by atoms with Crippen LogP contribution in [0.3, 0.4) is 0 Å². The number of sulfonamides is 2. The Morgan fingerprint density at radius 3 is 2.00 bits per heavy atom. The normalized spacial score (nSPS) is 12.6. The van der Waals surface area contributed by atoms with Crippen LogP contribution in [0.4, 0.5) is 5.69 Å². The van der Waals surface area contributed by atoms with Crippen molar-refractivity contribution in [2.75, 3.05) is 31.8 Å². The molecular weight excluding hydrogens is 408 g/mol. The van der Waals surface area contributed by atoms with Crippen LogP contribution in [-0.2, 0) is 20.0 Å². The van der Waals surface area contributed by atoms with Gasteiger partial charge in [-0.15, -0.1) is 0 Å². The smallest absolute Gasteiger partial charge is 0.256 e. The summed E-state index contributed by atoms with van der Waals surface area (Å²) in [6.07, 6.45) is 5.56. The van der Waals surface area contributed by atoms with Crippen molar-refractivity contribution in [1.82, 2.24) is 3.71 Å². The first-order valence-corrected chi connectivity index (χ1v) is 13.1. The molecule has 0 aliphatic rings. The average molecular weight is 441 g/mol. The minimum absolute atomic E-state index is 0.00715. The number of nitrogens with zero attached hydrogens (tertiary/aromatic N) is 2. The molecular formula is C21H32N2O4S2. The molecule has 2 aromatic carbocycles. The molecule has 8 heteroatoms. The van der Waals surface area contributed by atoms with E-state index in [1.165, 1.54) is 6.07 Å². The largest absolute Gasteiger partial charge is 0.377 e. The Bertz CT molecular complexity index is 1030. The molecule has 0 spiro atoms. The molecule has 0 fully saturated rings. The van der Waals surface area contributed by atoms with Crippen LogP contribution >= 0.6 is 0 Å². The fourth-order valence-corrected chi connectivity index (χ4v) is 6.83. The number of unbranched alkanes of at least 4 members (excludes halogenated alkanes) is 5. The van der Waals surface area contributed by atoms with Gasteiger partial charge in [0.25, 0.3) is 10.0 Å². The third kappa shape index (κ3) is 5.49. The molecule has 2 rings (SSSR count). The second kappa shape index (κ2) is 9.91. The molecule has 0 aliphatic carbocycles. The Labute approximate surface area is 175 Å². The van der Waals surface area contributed by atoms with Gasteiger partial charge >= 0.3 is 0 Å². The van der Waals surface area contributed by atoms with Gasteiger partial charge in [0.1, 0.15) is 0 Å². The maximum absolute atomic E-state index is 13.2. The molecule has 162 valence electrons. The molecule has 0 aliphatic heterocycles. The third-order valence-corrected chi connectivity index (χ3v) is 9.55. The van der Waals surface area contributed by atoms with Crippen molar-refractivity contribution in [3.05, 3.63) is 36.4 Å². The summed E-state index contributed by atoms with van der Waals surface area (Å²) in [7, 11) is -3.21. The van der Waals surface area contributed by atoms with Gasteiger partial charge in [0.15, 0.2) is 0 Å². The highest BCUT2D eigenvalue weighted by Gasteiger charge is 2.32. The number of fused-ring (bicyclic) bond motifs is 1. The third-order valence-electron chi connectivity index (χ3n) is 5.10. The van der Waals surface area contributed by atoms with Crippen LogP contribution in [-0.4, -0.2) is 47.4 Å². The van der Waals surface area contributed by atoms with Gasteiger partial charge in [-0.3, -0.25) is 0 Å². The Balaban J connectivity index is 2.29. The van der Waals surface area contributed by atoms with Crippen molar-refractivity contribution < 1.29 is 16.8 Å². The zero-order chi connectivity index (χ0) is 21.7. The van der Waals surface area contributed by atoms with Gasteiger partial charge in [-0.05, 0) is 18.6 Å². The van der Waals surface area contributed by atoms with Crippen molar-refractivity contribution in [2.24, 2.45) is 0 Å². The first kappa shape index (κ1) is 23.6. The Kier molecular flexibility index (Phi) is 8.08. The molecule has 0 aromatic heterocycles. The molecule has 0 N–H and O–H groups in total. The first-order chi connectivity index (χ1) is 13.6. The maximum atomic E-state index is 13.2. The minimum atomic E-state index is -4.19. The van der Waals surface area contributed by atoms with Crippen LogP contribution in [0.1, 0.15) is 45.4 Å². The fraction of sp³-hybridized carbons (Fsp3) is 0.524. The quantitative estimate of drug-likeness (QED) is 0.489. The standard InChI is InChI=1S/C21H32N2O4S2/c1-5-6-7-8-9-10-17-28(24,25)23(4)29(26,27)21-16-12-13-18-19(21)14-11-15-20(18)22(2)3/h11-16H,5-10,17H2,1-4H3. The Hall–Kier alpha value is -1.64. The zero-order valence-electron chi connectivity index (χ0n) is 17.8. The lowest BCUT2D eigenvalue weighted by molar-refractivity contribution is 0.522. The Morgan fingerprint density at radius 2 is 1.34 bits per heavy atom. The molecule has 0 unspecified atom stereocenters. The molecule has 0 radical (unpaired) electrons. The summed E-state index contributed by atoms with van der Waals surface area (Å²) in [5.41, 5.74) is 0.872. The topological polar surface area (TPSA) is 74.8 Å². The van der Waals surface area contributed by atoms with Gasteiger partial charge in [0, 0.05) is 37.6 Å². The van der Waals surface area contributed by atoms with Crippen molar-refractivity contribution in [2.45, 2.75) is 50.3 Å². The van der Waals surface area contributed by atoms with Gasteiger partial charge in [-0.2, -0.15) is 0 Å². The second-order valence-electron chi connectivity index (χ2n) is 7.49. The highest BCUT2D eigenvalue weighted by molar-refractivity contribution is 8.04. The molecule has 0 amide bonds. The monoisotopic (exact) mass is 440 g/mol. The predicted octanol–water partition coefficient (Wildman–Crippen LogP) is 4.22. The second-order valence-corrected chi connectivity index (χ2v) is 11.8. The molecule has 6 nitrogen and oxygen atoms in total. The summed E-state index contributed by atoms with van der Waals surface area (Å²) in [6, 6.07) is 10.3. The van der Waals surface area contributed by atoms with E-state index in [2.05, 4.69) is 6.92 Å². The van der Waals surface area contributed by atoms with E-state index in [1.54, 1.807) is 18.2 Å². The highest BCUT2D eigenvalue weighted by Crippen LogP contribution is 2.32. The van der Waals surface area contributed by atoms with Crippen LogP contribution < -0.4 is 4.90 Å². The predicted molar refractivity (Wildman–Crippen MR) is 120 cm³/mol. The van der Waals surface area contributed by atoms with Crippen LogP contribution in [0.5, 0.6) is 0 Å². The average Bonchev–Trinajstić information content (AvgIpc) is 2.68. The maximum Gasteiger partial charge on any atom is 0.256 e. The molecule has 0 heterocycles. The molecule has 0 saturated heterocycles. The summed E-state index contributed by atoms with van der Waals surface area (Å²) in [4.78, 5) is 1.91. The number of anilines is 1. The van der Waals surface area contributed by atoms with Crippen LogP contribution in [0.25, 0.3) is 10.8 Å². The van der Waals surface area contributed by atoms with Gasteiger partial charge < -0.3 is 4.90 Å². The van der Waals surface area contributed by atoms with Gasteiger partial charge in [0.05, 0.1) is 10.6 Å². The number of hydrogen-bond acceptors (Lipinski definition) is 5. The van der Waals surface area contributed by atoms with Crippen molar-refractivity contribution >= 4 is 36.5 Å². The lowest BCUT2D eigenvalue weighted by atomic mass is 10.1. The van der Waals surface area contributed by atoms with Crippen molar-refractivity contribution in [1.29, 1.82) is 0 Å². The number of benzene rings is 2. The lowest BCUT2D eigenvalue weighted by Crippen LogP contribution is -2.35.